The maximum atomic E-state index is 9.98. The SMILES string of the molecule is O=S(=O)([O-])N1CCC1.O=S(=O)([O-])N1CCC1.[K+].[K+]. The second-order valence-electron chi connectivity index (χ2n) is 3.42. The second-order valence-corrected chi connectivity index (χ2v) is 6.16. The molecule has 12 heteroatoms. The zero-order valence-electron chi connectivity index (χ0n) is 10.4. The number of nitrogens with zero attached hydrogens (tertiary/aromatic N) is 2. The van der Waals surface area contributed by atoms with Crippen LogP contribution in [0, 0.1) is 0 Å². The predicted octanol–water partition coefficient (Wildman–Crippen LogP) is -7.69. The Morgan fingerprint density at radius 2 is 0.889 bits per heavy atom. The summed E-state index contributed by atoms with van der Waals surface area (Å²) in [6, 6.07) is 0. The average Bonchev–Trinajstić information content (AvgIpc) is 1.66. The Bertz CT molecular complexity index is 389. The Morgan fingerprint density at radius 1 is 0.667 bits per heavy atom. The molecule has 0 saturated carbocycles. The maximum Gasteiger partial charge on any atom is 1.00 e. The summed E-state index contributed by atoms with van der Waals surface area (Å²) in [5, 5.41) is 0. The van der Waals surface area contributed by atoms with Crippen molar-refractivity contribution in [1.82, 2.24) is 8.61 Å². The first-order valence-electron chi connectivity index (χ1n) is 4.63. The van der Waals surface area contributed by atoms with Gasteiger partial charge in [-0.1, -0.05) is 0 Å². The van der Waals surface area contributed by atoms with Crippen molar-refractivity contribution in [3.8, 4) is 0 Å². The van der Waals surface area contributed by atoms with E-state index < -0.39 is 20.6 Å². The maximum absolute atomic E-state index is 9.98. The third-order valence-electron chi connectivity index (χ3n) is 2.26. The third kappa shape index (κ3) is 8.45. The molecular weight excluding hydrogens is 338 g/mol. The molecular formula is C6H12K2N2O6S2. The topological polar surface area (TPSA) is 121 Å². The van der Waals surface area contributed by atoms with E-state index in [4.69, 9.17) is 0 Å². The molecule has 96 valence electrons. The Labute approximate surface area is 192 Å². The van der Waals surface area contributed by atoms with Crippen LogP contribution < -0.4 is 103 Å². The summed E-state index contributed by atoms with van der Waals surface area (Å²) >= 11 is 0. The molecule has 2 aliphatic rings. The van der Waals surface area contributed by atoms with E-state index in [0.29, 0.717) is 26.2 Å². The van der Waals surface area contributed by atoms with Crippen LogP contribution >= 0.6 is 0 Å². The van der Waals surface area contributed by atoms with Crippen molar-refractivity contribution in [1.29, 1.82) is 0 Å². The van der Waals surface area contributed by atoms with Gasteiger partial charge < -0.3 is 9.11 Å². The van der Waals surface area contributed by atoms with Crippen LogP contribution in [0.25, 0.3) is 0 Å². The molecule has 2 saturated heterocycles. The molecule has 0 N–H and O–H groups in total. The molecule has 0 spiro atoms. The smallest absolute Gasteiger partial charge is 0.735 e. The van der Waals surface area contributed by atoms with Crippen molar-refractivity contribution in [2.24, 2.45) is 0 Å². The summed E-state index contributed by atoms with van der Waals surface area (Å²) in [4.78, 5) is 0. The van der Waals surface area contributed by atoms with E-state index >= 15 is 0 Å². The van der Waals surface area contributed by atoms with Gasteiger partial charge in [0.25, 0.3) is 0 Å². The molecule has 0 bridgehead atoms. The standard InChI is InChI=1S/2C3H7NO3S.2K/c2*5-8(6,7)4-2-1-3-4;;/h2*1-3H2,(H,5,6,7);;/q;;2*+1/p-2. The molecule has 0 radical (unpaired) electrons. The summed E-state index contributed by atoms with van der Waals surface area (Å²) in [6.07, 6.45) is 1.64. The van der Waals surface area contributed by atoms with E-state index in [9.17, 15) is 25.9 Å². The van der Waals surface area contributed by atoms with Gasteiger partial charge in [-0.15, -0.1) is 0 Å². The van der Waals surface area contributed by atoms with Gasteiger partial charge in [-0.05, 0) is 12.8 Å². The molecule has 0 aromatic rings. The minimum absolute atomic E-state index is 0. The van der Waals surface area contributed by atoms with Gasteiger partial charge in [0.05, 0.1) is 0 Å². The molecule has 2 fully saturated rings. The van der Waals surface area contributed by atoms with Crippen molar-refractivity contribution in [2.45, 2.75) is 12.8 Å². The van der Waals surface area contributed by atoms with Gasteiger partial charge in [0.2, 0.25) is 0 Å². The monoisotopic (exact) mass is 350 g/mol. The normalized spacial score (nSPS) is 20.1. The van der Waals surface area contributed by atoms with Gasteiger partial charge in [0.15, 0.2) is 20.6 Å². The first kappa shape index (κ1) is 23.3. The molecule has 2 aliphatic heterocycles. The van der Waals surface area contributed by atoms with Crippen LogP contribution in [-0.4, -0.2) is 60.7 Å². The largest absolute Gasteiger partial charge is 1.00 e. The van der Waals surface area contributed by atoms with E-state index in [0.717, 1.165) is 21.5 Å². The molecule has 8 nitrogen and oxygen atoms in total. The molecule has 0 unspecified atom stereocenters. The van der Waals surface area contributed by atoms with Crippen molar-refractivity contribution >= 4 is 20.6 Å². The molecule has 2 heterocycles. The number of hydrogen-bond acceptors (Lipinski definition) is 6. The Balaban J connectivity index is 0. The fourth-order valence-electron chi connectivity index (χ4n) is 1.02. The van der Waals surface area contributed by atoms with Gasteiger partial charge in [0.1, 0.15) is 0 Å². The van der Waals surface area contributed by atoms with Crippen LogP contribution in [0.5, 0.6) is 0 Å². The van der Waals surface area contributed by atoms with Gasteiger partial charge in [-0.25, -0.2) is 25.4 Å². The van der Waals surface area contributed by atoms with Crippen molar-refractivity contribution in [3.05, 3.63) is 0 Å². The Morgan fingerprint density at radius 3 is 0.889 bits per heavy atom. The van der Waals surface area contributed by atoms with E-state index in [-0.39, 0.29) is 103 Å². The minimum Gasteiger partial charge on any atom is -0.735 e. The second kappa shape index (κ2) is 9.91. The Hall–Kier alpha value is 3.01. The molecule has 2 rings (SSSR count). The van der Waals surface area contributed by atoms with Crippen molar-refractivity contribution in [2.75, 3.05) is 26.2 Å². The Kier molecular flexibility index (Phi) is 12.8. The predicted molar refractivity (Wildman–Crippen MR) is 51.8 cm³/mol. The van der Waals surface area contributed by atoms with Gasteiger partial charge >= 0.3 is 103 Å². The summed E-state index contributed by atoms with van der Waals surface area (Å²) in [5.74, 6) is 0. The summed E-state index contributed by atoms with van der Waals surface area (Å²) in [7, 11) is -8.17. The quantitative estimate of drug-likeness (QED) is 0.360. The zero-order chi connectivity index (χ0) is 12.4. The van der Waals surface area contributed by atoms with Crippen LogP contribution in [0.4, 0.5) is 0 Å². The fourth-order valence-corrected chi connectivity index (χ4v) is 2.43. The van der Waals surface area contributed by atoms with Crippen LogP contribution in [0.1, 0.15) is 12.8 Å². The van der Waals surface area contributed by atoms with E-state index in [1.54, 1.807) is 0 Å². The first-order chi connectivity index (χ1) is 7.21. The van der Waals surface area contributed by atoms with Gasteiger partial charge in [0, 0.05) is 26.2 Å². The summed E-state index contributed by atoms with van der Waals surface area (Å²) in [5.41, 5.74) is 0. The molecule has 0 aromatic carbocycles. The average molecular weight is 351 g/mol. The minimum atomic E-state index is -4.08. The zero-order valence-corrected chi connectivity index (χ0v) is 18.3. The van der Waals surface area contributed by atoms with Gasteiger partial charge in [-0.3, -0.25) is 0 Å². The first-order valence-corrected chi connectivity index (χ1v) is 7.36. The van der Waals surface area contributed by atoms with Gasteiger partial charge in [-0.2, -0.15) is 0 Å². The van der Waals surface area contributed by atoms with Crippen molar-refractivity contribution in [3.63, 3.8) is 0 Å². The molecule has 0 atom stereocenters. The third-order valence-corrected chi connectivity index (χ3v) is 4.26. The van der Waals surface area contributed by atoms with E-state index in [2.05, 4.69) is 0 Å². The fraction of sp³-hybridized carbons (Fsp3) is 1.00. The van der Waals surface area contributed by atoms with Crippen molar-refractivity contribution < 1.29 is 129 Å². The van der Waals surface area contributed by atoms with Crippen LogP contribution in [0.3, 0.4) is 0 Å². The number of hydrogen-bond donors (Lipinski definition) is 0. The summed E-state index contributed by atoms with van der Waals surface area (Å²) < 4.78 is 61.7. The molecule has 0 amide bonds. The molecule has 0 aromatic heterocycles. The van der Waals surface area contributed by atoms with Crippen LogP contribution in [0.2, 0.25) is 0 Å². The molecule has 18 heavy (non-hydrogen) atoms. The van der Waals surface area contributed by atoms with E-state index in [1.165, 1.54) is 0 Å². The van der Waals surface area contributed by atoms with Crippen LogP contribution in [-0.2, 0) is 20.6 Å². The van der Waals surface area contributed by atoms with E-state index in [1.807, 2.05) is 0 Å². The summed E-state index contributed by atoms with van der Waals surface area (Å²) in [6.45, 7) is 1.63. The molecule has 0 aliphatic carbocycles. The number of rotatable bonds is 2. The van der Waals surface area contributed by atoms with Crippen LogP contribution in [0.15, 0.2) is 0 Å².